The molecule has 1 heterocycles. The smallest absolute Gasteiger partial charge is 0.306 e. The van der Waals surface area contributed by atoms with Gasteiger partial charge < -0.3 is 9.97 Å². The standard InChI is InChI=1S/C9H8N2O2.2H2/c1-5(12)6-2-3-7-8(4-6)11-9(13)10-7;;/h2-4H,1H3,(H2,10,11,13);2*1H. The molecule has 0 bridgehead atoms. The van der Waals surface area contributed by atoms with Gasteiger partial charge in [0.15, 0.2) is 5.78 Å². The van der Waals surface area contributed by atoms with Crippen LogP contribution in [-0.4, -0.2) is 15.8 Å². The molecule has 0 saturated carbocycles. The highest BCUT2D eigenvalue weighted by atomic mass is 16.1. The van der Waals surface area contributed by atoms with E-state index in [2.05, 4.69) is 9.97 Å². The lowest BCUT2D eigenvalue weighted by Gasteiger charge is -1.93. The summed E-state index contributed by atoms with van der Waals surface area (Å²) in [6, 6.07) is 5.06. The number of nitrogens with one attached hydrogen (secondary N) is 2. The first-order chi connectivity index (χ1) is 6.16. The van der Waals surface area contributed by atoms with Gasteiger partial charge in [-0.25, -0.2) is 4.79 Å². The first-order valence-corrected chi connectivity index (χ1v) is 3.90. The highest BCUT2D eigenvalue weighted by Crippen LogP contribution is 2.10. The first-order valence-electron chi connectivity index (χ1n) is 3.90. The Morgan fingerprint density at radius 1 is 1.31 bits per heavy atom. The minimum Gasteiger partial charge on any atom is -0.306 e. The number of H-pyrrole nitrogens is 2. The number of imidazole rings is 1. The number of rotatable bonds is 1. The van der Waals surface area contributed by atoms with E-state index in [0.717, 1.165) is 5.52 Å². The Bertz CT molecular complexity index is 530. The number of Topliss-reactive ketones (excluding diaryl/α,β-unsaturated/α-hetero) is 1. The van der Waals surface area contributed by atoms with E-state index in [9.17, 15) is 9.59 Å². The Morgan fingerprint density at radius 3 is 2.69 bits per heavy atom. The average molecular weight is 180 g/mol. The van der Waals surface area contributed by atoms with Gasteiger partial charge in [0.25, 0.3) is 0 Å². The van der Waals surface area contributed by atoms with Crippen LogP contribution < -0.4 is 5.69 Å². The van der Waals surface area contributed by atoms with Crippen molar-refractivity contribution in [2.24, 2.45) is 0 Å². The van der Waals surface area contributed by atoms with Gasteiger partial charge in [-0.2, -0.15) is 0 Å². The van der Waals surface area contributed by atoms with E-state index in [4.69, 9.17) is 0 Å². The van der Waals surface area contributed by atoms with Gasteiger partial charge in [-0.1, -0.05) is 0 Å². The molecule has 13 heavy (non-hydrogen) atoms. The van der Waals surface area contributed by atoms with E-state index in [-0.39, 0.29) is 14.3 Å². The lowest BCUT2D eigenvalue weighted by Crippen LogP contribution is -1.99. The van der Waals surface area contributed by atoms with Gasteiger partial charge in [0.2, 0.25) is 0 Å². The number of hydrogen-bond donors (Lipinski definition) is 2. The molecular weight excluding hydrogens is 168 g/mol. The summed E-state index contributed by atoms with van der Waals surface area (Å²) >= 11 is 0. The number of aromatic amines is 2. The van der Waals surface area contributed by atoms with Crippen LogP contribution in [0.4, 0.5) is 0 Å². The molecule has 0 atom stereocenters. The summed E-state index contributed by atoms with van der Waals surface area (Å²) in [5.74, 6) is -0.0102. The van der Waals surface area contributed by atoms with E-state index < -0.39 is 0 Å². The van der Waals surface area contributed by atoms with Crippen LogP contribution in [0.5, 0.6) is 0 Å². The fraction of sp³-hybridized carbons (Fsp3) is 0.111. The Balaban J connectivity index is 0.000000980. The van der Waals surface area contributed by atoms with Crippen molar-refractivity contribution in [1.29, 1.82) is 0 Å². The first kappa shape index (κ1) is 7.79. The lowest BCUT2D eigenvalue weighted by atomic mass is 10.1. The second-order valence-corrected chi connectivity index (χ2v) is 2.90. The number of carbonyl (C=O) groups excluding carboxylic acids is 1. The molecule has 0 aliphatic carbocycles. The molecule has 1 aromatic carbocycles. The number of benzene rings is 1. The van der Waals surface area contributed by atoms with Crippen molar-refractivity contribution >= 4 is 16.8 Å². The van der Waals surface area contributed by atoms with Gasteiger partial charge in [-0.05, 0) is 25.1 Å². The van der Waals surface area contributed by atoms with Crippen molar-refractivity contribution < 1.29 is 7.65 Å². The molecule has 0 fully saturated rings. The molecule has 0 aliphatic rings. The van der Waals surface area contributed by atoms with E-state index in [1.54, 1.807) is 18.2 Å². The van der Waals surface area contributed by atoms with Crippen molar-refractivity contribution in [2.45, 2.75) is 6.92 Å². The van der Waals surface area contributed by atoms with Crippen LogP contribution in [0.15, 0.2) is 23.0 Å². The highest BCUT2D eigenvalue weighted by Gasteiger charge is 2.02. The number of aromatic nitrogens is 2. The molecule has 2 N–H and O–H groups in total. The van der Waals surface area contributed by atoms with Crippen LogP contribution in [0, 0.1) is 0 Å². The van der Waals surface area contributed by atoms with Gasteiger partial charge >= 0.3 is 5.69 Å². The van der Waals surface area contributed by atoms with Crippen LogP contribution in [0.3, 0.4) is 0 Å². The second-order valence-electron chi connectivity index (χ2n) is 2.90. The minimum atomic E-state index is -0.254. The summed E-state index contributed by atoms with van der Waals surface area (Å²) in [5, 5.41) is 0. The summed E-state index contributed by atoms with van der Waals surface area (Å²) in [6.07, 6.45) is 0. The third-order valence-corrected chi connectivity index (χ3v) is 1.92. The molecule has 0 unspecified atom stereocenters. The lowest BCUT2D eigenvalue weighted by molar-refractivity contribution is 0.101. The molecule has 0 radical (unpaired) electrons. The molecule has 0 saturated heterocycles. The van der Waals surface area contributed by atoms with Crippen LogP contribution in [0.1, 0.15) is 20.1 Å². The zero-order valence-electron chi connectivity index (χ0n) is 7.05. The SMILES string of the molecule is CC(=O)c1ccc2[nH]c(=O)[nH]c2c1.[HH].[HH]. The highest BCUT2D eigenvalue weighted by molar-refractivity contribution is 5.97. The maximum Gasteiger partial charge on any atom is 0.323 e. The number of fused-ring (bicyclic) bond motifs is 1. The monoisotopic (exact) mass is 180 g/mol. The molecule has 0 amide bonds. The van der Waals surface area contributed by atoms with Gasteiger partial charge in [-0.3, -0.25) is 4.79 Å². The van der Waals surface area contributed by atoms with Gasteiger partial charge in [-0.15, -0.1) is 0 Å². The van der Waals surface area contributed by atoms with E-state index >= 15 is 0 Å². The van der Waals surface area contributed by atoms with Crippen LogP contribution in [0.2, 0.25) is 0 Å². The molecule has 0 aliphatic heterocycles. The Hall–Kier alpha value is -1.84. The third-order valence-electron chi connectivity index (χ3n) is 1.92. The summed E-state index contributed by atoms with van der Waals surface area (Å²) in [5.41, 5.74) is 1.73. The Labute approximate surface area is 76.6 Å². The molecule has 4 heteroatoms. The van der Waals surface area contributed by atoms with Crippen LogP contribution in [0.25, 0.3) is 11.0 Å². The normalized spacial score (nSPS) is 10.5. The van der Waals surface area contributed by atoms with E-state index in [0.29, 0.717) is 11.1 Å². The zero-order valence-corrected chi connectivity index (χ0v) is 7.05. The number of ketones is 1. The summed E-state index contributed by atoms with van der Waals surface area (Å²) in [7, 11) is 0. The van der Waals surface area contributed by atoms with Crippen molar-refractivity contribution in [3.63, 3.8) is 0 Å². The van der Waals surface area contributed by atoms with E-state index in [1.807, 2.05) is 0 Å². The fourth-order valence-electron chi connectivity index (χ4n) is 1.25. The number of hydrogen-bond acceptors (Lipinski definition) is 2. The van der Waals surface area contributed by atoms with Gasteiger partial charge in [0.05, 0.1) is 11.0 Å². The molecule has 1 aromatic heterocycles. The van der Waals surface area contributed by atoms with Crippen molar-refractivity contribution in [1.82, 2.24) is 9.97 Å². The molecule has 2 rings (SSSR count). The molecule has 0 spiro atoms. The second kappa shape index (κ2) is 2.58. The largest absolute Gasteiger partial charge is 0.323 e. The molecule has 70 valence electrons. The average Bonchev–Trinajstić information content (AvgIpc) is 2.42. The minimum absolute atomic E-state index is 0. The molecular formula is C9H12N2O2. The maximum absolute atomic E-state index is 11.0. The molecule has 2 aromatic rings. The summed E-state index contributed by atoms with van der Waals surface area (Å²) < 4.78 is 0. The predicted molar refractivity (Wildman–Crippen MR) is 53.2 cm³/mol. The van der Waals surface area contributed by atoms with E-state index in [1.165, 1.54) is 6.92 Å². The Morgan fingerprint density at radius 2 is 2.00 bits per heavy atom. The summed E-state index contributed by atoms with van der Waals surface area (Å²) in [6.45, 7) is 1.49. The van der Waals surface area contributed by atoms with Gasteiger partial charge in [0, 0.05) is 8.42 Å². The maximum atomic E-state index is 11.0. The van der Waals surface area contributed by atoms with Crippen molar-refractivity contribution in [3.8, 4) is 0 Å². The number of carbonyl (C=O) groups is 1. The van der Waals surface area contributed by atoms with Crippen molar-refractivity contribution in [2.75, 3.05) is 0 Å². The quantitative estimate of drug-likeness (QED) is 0.654. The zero-order chi connectivity index (χ0) is 9.42. The summed E-state index contributed by atoms with van der Waals surface area (Å²) in [4.78, 5) is 27.1. The van der Waals surface area contributed by atoms with Crippen LogP contribution in [-0.2, 0) is 0 Å². The Kier molecular flexibility index (Phi) is 1.55. The third kappa shape index (κ3) is 1.26. The van der Waals surface area contributed by atoms with Gasteiger partial charge in [0.1, 0.15) is 0 Å². The fourth-order valence-corrected chi connectivity index (χ4v) is 1.25. The topological polar surface area (TPSA) is 65.7 Å². The molecule has 4 nitrogen and oxygen atoms in total. The van der Waals surface area contributed by atoms with Crippen LogP contribution >= 0.6 is 0 Å². The van der Waals surface area contributed by atoms with Crippen molar-refractivity contribution in [3.05, 3.63) is 34.2 Å². The predicted octanol–water partition coefficient (Wildman–Crippen LogP) is 1.55.